The monoisotopic (exact) mass is 219 g/mol. The molecule has 0 radical (unpaired) electrons. The van der Waals surface area contributed by atoms with E-state index in [2.05, 4.69) is 5.32 Å². The van der Waals surface area contributed by atoms with Gasteiger partial charge in [-0.05, 0) is 42.0 Å². The molecular formula is C13H17NO2. The summed E-state index contributed by atoms with van der Waals surface area (Å²) >= 11 is 0. The highest BCUT2D eigenvalue weighted by Gasteiger charge is 2.22. The van der Waals surface area contributed by atoms with Crippen molar-refractivity contribution >= 4 is 0 Å². The molecule has 0 saturated heterocycles. The number of nitrogens with one attached hydrogen (secondary N) is 1. The zero-order valence-corrected chi connectivity index (χ0v) is 9.28. The van der Waals surface area contributed by atoms with Crippen LogP contribution in [0, 0.1) is 5.92 Å². The van der Waals surface area contributed by atoms with Crippen molar-refractivity contribution in [2.75, 3.05) is 13.2 Å². The number of β-amino-alcohol motifs (C(OH)–C–C–N with tert-alkyl or cyclic N) is 1. The minimum Gasteiger partial charge on any atom is -0.493 e. The fourth-order valence-corrected chi connectivity index (χ4v) is 2.09. The summed E-state index contributed by atoms with van der Waals surface area (Å²) in [6.45, 7) is 2.31. The van der Waals surface area contributed by atoms with Gasteiger partial charge < -0.3 is 15.2 Å². The third-order valence-corrected chi connectivity index (χ3v) is 3.31. The van der Waals surface area contributed by atoms with E-state index >= 15 is 0 Å². The average Bonchev–Trinajstić information content (AvgIpc) is 3.11. The van der Waals surface area contributed by atoms with Gasteiger partial charge in [-0.3, -0.25) is 0 Å². The minimum absolute atomic E-state index is 0.395. The number of benzene rings is 1. The largest absolute Gasteiger partial charge is 0.493 e. The van der Waals surface area contributed by atoms with Crippen molar-refractivity contribution in [2.45, 2.75) is 25.5 Å². The quantitative estimate of drug-likeness (QED) is 0.811. The molecule has 0 bridgehead atoms. The van der Waals surface area contributed by atoms with Crippen LogP contribution in [0.15, 0.2) is 18.2 Å². The molecule has 0 aromatic heterocycles. The molecule has 1 atom stereocenters. The summed E-state index contributed by atoms with van der Waals surface area (Å²) in [6, 6.07) is 6.04. The van der Waals surface area contributed by atoms with Crippen molar-refractivity contribution in [1.82, 2.24) is 5.32 Å². The van der Waals surface area contributed by atoms with Crippen LogP contribution < -0.4 is 10.1 Å². The lowest BCUT2D eigenvalue weighted by Crippen LogP contribution is -2.27. The normalized spacial score (nSPS) is 23.9. The zero-order chi connectivity index (χ0) is 11.0. The Morgan fingerprint density at radius 3 is 3.06 bits per heavy atom. The van der Waals surface area contributed by atoms with Gasteiger partial charge in [0.2, 0.25) is 0 Å². The first-order valence-corrected chi connectivity index (χ1v) is 5.97. The summed E-state index contributed by atoms with van der Waals surface area (Å²) in [5.74, 6) is 1.66. The molecule has 16 heavy (non-hydrogen) atoms. The van der Waals surface area contributed by atoms with Crippen molar-refractivity contribution < 1.29 is 9.84 Å². The molecule has 1 unspecified atom stereocenters. The molecule has 1 fully saturated rings. The summed E-state index contributed by atoms with van der Waals surface area (Å²) < 4.78 is 5.71. The highest BCUT2D eigenvalue weighted by Crippen LogP contribution is 2.31. The predicted octanol–water partition coefficient (Wildman–Crippen LogP) is 1.61. The number of rotatable bonds is 3. The van der Waals surface area contributed by atoms with Crippen LogP contribution in [0.3, 0.4) is 0 Å². The molecule has 3 heteroatoms. The third-order valence-electron chi connectivity index (χ3n) is 3.31. The first kappa shape index (κ1) is 10.1. The number of ether oxygens (including phenoxy) is 1. The highest BCUT2D eigenvalue weighted by atomic mass is 16.5. The maximum absolute atomic E-state index is 9.86. The number of hydrogen-bond donors (Lipinski definition) is 2. The lowest BCUT2D eigenvalue weighted by molar-refractivity contribution is 0.164. The topological polar surface area (TPSA) is 41.5 Å². The molecule has 1 aromatic rings. The Bertz CT molecular complexity index is 388. The van der Waals surface area contributed by atoms with Gasteiger partial charge in [0, 0.05) is 13.1 Å². The second-order valence-electron chi connectivity index (χ2n) is 4.76. The number of hydrogen-bond acceptors (Lipinski definition) is 3. The predicted molar refractivity (Wildman–Crippen MR) is 61.3 cm³/mol. The molecule has 1 aromatic carbocycles. The highest BCUT2D eigenvalue weighted by molar-refractivity contribution is 5.38. The van der Waals surface area contributed by atoms with E-state index in [0.29, 0.717) is 6.54 Å². The van der Waals surface area contributed by atoms with E-state index in [1.54, 1.807) is 0 Å². The number of fused-ring (bicyclic) bond motifs is 1. The molecular weight excluding hydrogens is 202 g/mol. The smallest absolute Gasteiger partial charge is 0.119 e. The van der Waals surface area contributed by atoms with Gasteiger partial charge in [-0.15, -0.1) is 0 Å². The summed E-state index contributed by atoms with van der Waals surface area (Å²) in [6.07, 6.45) is 2.21. The molecule has 86 valence electrons. The molecule has 0 amide bonds. The molecule has 2 aliphatic rings. The van der Waals surface area contributed by atoms with E-state index in [1.807, 2.05) is 18.2 Å². The van der Waals surface area contributed by atoms with Crippen molar-refractivity contribution in [3.63, 3.8) is 0 Å². The lowest BCUT2D eigenvalue weighted by Gasteiger charge is -2.23. The van der Waals surface area contributed by atoms with Gasteiger partial charge in [0.15, 0.2) is 0 Å². The van der Waals surface area contributed by atoms with Crippen LogP contribution in [0.2, 0.25) is 0 Å². The standard InChI is InChI=1S/C13H17NO2/c15-13-7-14-6-10-3-4-11(5-12(10)13)16-8-9-1-2-9/h3-5,9,13-15H,1-2,6-8H2. The Kier molecular flexibility index (Phi) is 2.58. The van der Waals surface area contributed by atoms with Crippen LogP contribution >= 0.6 is 0 Å². The maximum atomic E-state index is 9.86. The van der Waals surface area contributed by atoms with E-state index in [4.69, 9.17) is 4.74 Å². The van der Waals surface area contributed by atoms with Crippen molar-refractivity contribution in [3.8, 4) is 5.75 Å². The molecule has 1 aliphatic heterocycles. The summed E-state index contributed by atoms with van der Waals surface area (Å²) in [5, 5.41) is 13.0. The maximum Gasteiger partial charge on any atom is 0.119 e. The van der Waals surface area contributed by atoms with E-state index in [-0.39, 0.29) is 0 Å². The van der Waals surface area contributed by atoms with Crippen LogP contribution in [0.25, 0.3) is 0 Å². The molecule has 1 aliphatic carbocycles. The Hall–Kier alpha value is -1.06. The van der Waals surface area contributed by atoms with Crippen molar-refractivity contribution in [1.29, 1.82) is 0 Å². The Morgan fingerprint density at radius 1 is 1.38 bits per heavy atom. The third kappa shape index (κ3) is 2.06. The van der Waals surface area contributed by atoms with E-state index in [9.17, 15) is 5.11 Å². The van der Waals surface area contributed by atoms with Crippen LogP contribution in [-0.2, 0) is 6.54 Å². The Balaban J connectivity index is 1.76. The van der Waals surface area contributed by atoms with E-state index < -0.39 is 6.10 Å². The minimum atomic E-state index is -0.395. The summed E-state index contributed by atoms with van der Waals surface area (Å²) in [7, 11) is 0. The molecule has 0 spiro atoms. The number of aliphatic hydroxyl groups is 1. The molecule has 2 N–H and O–H groups in total. The van der Waals surface area contributed by atoms with Gasteiger partial charge in [-0.2, -0.15) is 0 Å². The Labute approximate surface area is 95.4 Å². The van der Waals surface area contributed by atoms with Crippen LogP contribution in [0.1, 0.15) is 30.1 Å². The molecule has 3 rings (SSSR count). The fourth-order valence-electron chi connectivity index (χ4n) is 2.09. The van der Waals surface area contributed by atoms with Gasteiger partial charge in [0.05, 0.1) is 12.7 Å². The molecule has 1 heterocycles. The van der Waals surface area contributed by atoms with Crippen LogP contribution in [0.4, 0.5) is 0 Å². The SMILES string of the molecule is OC1CNCc2ccc(OCC3CC3)cc21. The van der Waals surface area contributed by atoms with E-state index in [0.717, 1.165) is 30.4 Å². The van der Waals surface area contributed by atoms with Gasteiger partial charge in [-0.1, -0.05) is 6.07 Å². The molecule has 3 nitrogen and oxygen atoms in total. The van der Waals surface area contributed by atoms with Gasteiger partial charge in [0.1, 0.15) is 5.75 Å². The summed E-state index contributed by atoms with van der Waals surface area (Å²) in [4.78, 5) is 0. The van der Waals surface area contributed by atoms with Gasteiger partial charge >= 0.3 is 0 Å². The van der Waals surface area contributed by atoms with Crippen molar-refractivity contribution in [3.05, 3.63) is 29.3 Å². The van der Waals surface area contributed by atoms with Gasteiger partial charge in [-0.25, -0.2) is 0 Å². The van der Waals surface area contributed by atoms with Crippen molar-refractivity contribution in [2.24, 2.45) is 5.92 Å². The van der Waals surface area contributed by atoms with Gasteiger partial charge in [0.25, 0.3) is 0 Å². The Morgan fingerprint density at radius 2 is 2.25 bits per heavy atom. The second-order valence-corrected chi connectivity index (χ2v) is 4.76. The van der Waals surface area contributed by atoms with Crippen LogP contribution in [-0.4, -0.2) is 18.3 Å². The molecule has 1 saturated carbocycles. The zero-order valence-electron chi connectivity index (χ0n) is 9.28. The average molecular weight is 219 g/mol. The first-order chi connectivity index (χ1) is 7.83. The van der Waals surface area contributed by atoms with Crippen LogP contribution in [0.5, 0.6) is 5.75 Å². The van der Waals surface area contributed by atoms with E-state index in [1.165, 1.54) is 18.4 Å². The second kappa shape index (κ2) is 4.07. The number of aliphatic hydroxyl groups excluding tert-OH is 1. The fraction of sp³-hybridized carbons (Fsp3) is 0.538. The summed E-state index contributed by atoms with van der Waals surface area (Å²) in [5.41, 5.74) is 2.20. The lowest BCUT2D eigenvalue weighted by atomic mass is 9.98. The first-order valence-electron chi connectivity index (χ1n) is 5.97.